The zero-order valence-electron chi connectivity index (χ0n) is 14.5. The fourth-order valence-corrected chi connectivity index (χ4v) is 4.73. The lowest BCUT2D eigenvalue weighted by Gasteiger charge is -2.46. The van der Waals surface area contributed by atoms with Gasteiger partial charge in [-0.2, -0.15) is 0 Å². The summed E-state index contributed by atoms with van der Waals surface area (Å²) in [7, 11) is 3.46. The maximum atomic E-state index is 5.33. The summed E-state index contributed by atoms with van der Waals surface area (Å²) in [6.45, 7) is 0. The minimum atomic E-state index is 0.553. The van der Waals surface area contributed by atoms with Crippen molar-refractivity contribution in [3.8, 4) is 5.75 Å². The van der Waals surface area contributed by atoms with Crippen LogP contribution < -0.4 is 4.74 Å². The summed E-state index contributed by atoms with van der Waals surface area (Å²) in [4.78, 5) is 0. The number of rotatable bonds is 2. The molecular weight excluding hydrogens is 296 g/mol. The first-order chi connectivity index (χ1) is 11.8. The van der Waals surface area contributed by atoms with Crippen molar-refractivity contribution in [1.82, 2.24) is 0 Å². The van der Waals surface area contributed by atoms with Crippen molar-refractivity contribution in [3.05, 3.63) is 65.3 Å². The molecule has 3 fully saturated rings. The molecule has 1 atom stereocenters. The fourth-order valence-electron chi connectivity index (χ4n) is 4.73. The average molecular weight is 321 g/mol. The second-order valence-electron chi connectivity index (χ2n) is 7.05. The van der Waals surface area contributed by atoms with E-state index >= 15 is 0 Å². The number of allylic oxidation sites excluding steroid dienone is 6. The molecule has 24 heavy (non-hydrogen) atoms. The van der Waals surface area contributed by atoms with Crippen LogP contribution >= 0.6 is 0 Å². The number of hydrogen-bond donors (Lipinski definition) is 0. The predicted molar refractivity (Wildman–Crippen MR) is 97.4 cm³/mol. The maximum absolute atomic E-state index is 5.33. The molecular formula is C22H25O2+. The molecule has 0 aliphatic heterocycles. The van der Waals surface area contributed by atoms with Gasteiger partial charge in [0.1, 0.15) is 5.75 Å². The number of benzene rings is 1. The van der Waals surface area contributed by atoms with Crippen molar-refractivity contribution in [1.29, 1.82) is 0 Å². The summed E-state index contributed by atoms with van der Waals surface area (Å²) in [5.74, 6) is 3.93. The number of ether oxygens (including phenoxy) is 1. The lowest BCUT2D eigenvalue weighted by atomic mass is 9.58. The summed E-state index contributed by atoms with van der Waals surface area (Å²) in [6.07, 6.45) is 14.1. The van der Waals surface area contributed by atoms with Gasteiger partial charge in [-0.05, 0) is 72.9 Å². The predicted octanol–water partition coefficient (Wildman–Crippen LogP) is 4.76. The van der Waals surface area contributed by atoms with Gasteiger partial charge < -0.3 is 4.74 Å². The lowest BCUT2D eigenvalue weighted by Crippen LogP contribution is -2.33. The molecule has 0 N–H and O–H groups in total. The van der Waals surface area contributed by atoms with E-state index in [-0.39, 0.29) is 0 Å². The third-order valence-corrected chi connectivity index (χ3v) is 5.92. The van der Waals surface area contributed by atoms with E-state index in [1.54, 1.807) is 19.8 Å². The highest BCUT2D eigenvalue weighted by Crippen LogP contribution is 2.54. The molecule has 0 heterocycles. The maximum Gasteiger partial charge on any atom is 0.343 e. The van der Waals surface area contributed by atoms with Crippen LogP contribution in [0.5, 0.6) is 5.75 Å². The van der Waals surface area contributed by atoms with E-state index in [0.717, 1.165) is 23.4 Å². The molecule has 4 aliphatic carbocycles. The standard InChI is InChI=1S/C22H25O2/c1-23-19-11-7-17(8-12-19)21-15-3-5-16(6-4-15)22(21)18-9-13-20(24-2)14-10-18/h7-16,21H,3-6H2,1-2H3/q+1. The SMILES string of the molecule is COc1ccc(C2C(=C3C=CC(=[O+]C)C=C3)C3CCC2CC3)cc1. The van der Waals surface area contributed by atoms with E-state index in [1.165, 1.54) is 36.8 Å². The van der Waals surface area contributed by atoms with E-state index in [4.69, 9.17) is 9.16 Å². The Morgan fingerprint density at radius 2 is 1.58 bits per heavy atom. The first-order valence-corrected chi connectivity index (χ1v) is 8.95. The molecule has 0 saturated heterocycles. The Morgan fingerprint density at radius 3 is 2.17 bits per heavy atom. The quantitative estimate of drug-likeness (QED) is 0.720. The molecule has 2 heteroatoms. The molecule has 5 rings (SSSR count). The fraction of sp³-hybridized carbons (Fsp3) is 0.409. The second kappa shape index (κ2) is 6.43. The van der Waals surface area contributed by atoms with Crippen LogP contribution in [-0.2, 0) is 4.42 Å². The second-order valence-corrected chi connectivity index (χ2v) is 7.05. The molecule has 1 aromatic carbocycles. The van der Waals surface area contributed by atoms with Gasteiger partial charge in [0.15, 0.2) is 0 Å². The number of fused-ring (bicyclic) bond motifs is 3. The highest BCUT2D eigenvalue weighted by atomic mass is 16.5. The monoisotopic (exact) mass is 321 g/mol. The van der Waals surface area contributed by atoms with Crippen LogP contribution in [0.1, 0.15) is 37.2 Å². The molecule has 0 spiro atoms. The van der Waals surface area contributed by atoms with Gasteiger partial charge in [-0.25, -0.2) is 0 Å². The molecule has 0 radical (unpaired) electrons. The van der Waals surface area contributed by atoms with Crippen LogP contribution in [0.3, 0.4) is 0 Å². The molecule has 3 saturated carbocycles. The van der Waals surface area contributed by atoms with Gasteiger partial charge in [-0.1, -0.05) is 17.7 Å². The Labute approximate surface area is 144 Å². The Hall–Kier alpha value is -2.09. The van der Waals surface area contributed by atoms with Gasteiger partial charge in [0.05, 0.1) is 7.11 Å². The van der Waals surface area contributed by atoms with Crippen molar-refractivity contribution < 1.29 is 9.16 Å². The summed E-state index contributed by atoms with van der Waals surface area (Å²) in [5.41, 5.74) is 4.48. The van der Waals surface area contributed by atoms with Crippen molar-refractivity contribution in [2.45, 2.75) is 31.6 Å². The van der Waals surface area contributed by atoms with Crippen LogP contribution in [0.25, 0.3) is 0 Å². The minimum Gasteiger partial charge on any atom is -0.497 e. The summed E-state index contributed by atoms with van der Waals surface area (Å²) in [6, 6.07) is 8.72. The Balaban J connectivity index is 1.76. The van der Waals surface area contributed by atoms with E-state index in [2.05, 4.69) is 48.6 Å². The van der Waals surface area contributed by atoms with E-state index in [0.29, 0.717) is 5.92 Å². The number of ketones is 1. The molecule has 124 valence electrons. The van der Waals surface area contributed by atoms with Crippen LogP contribution in [0.4, 0.5) is 0 Å². The number of carbonyl (C=O) groups excluding carboxylic acids is 1. The normalized spacial score (nSPS) is 28.4. The minimum absolute atomic E-state index is 0.553. The molecule has 1 unspecified atom stereocenters. The first kappa shape index (κ1) is 15.4. The van der Waals surface area contributed by atoms with E-state index in [9.17, 15) is 0 Å². The van der Waals surface area contributed by atoms with Gasteiger partial charge in [-0.3, -0.25) is 4.42 Å². The van der Waals surface area contributed by atoms with Gasteiger partial charge in [0.25, 0.3) is 7.11 Å². The third-order valence-electron chi connectivity index (χ3n) is 5.92. The summed E-state index contributed by atoms with van der Waals surface area (Å²) >= 11 is 0. The van der Waals surface area contributed by atoms with Gasteiger partial charge in [0, 0.05) is 18.1 Å². The van der Waals surface area contributed by atoms with Crippen molar-refractivity contribution in [2.75, 3.05) is 14.2 Å². The molecule has 1 aromatic rings. The summed E-state index contributed by atoms with van der Waals surface area (Å²) < 4.78 is 10.7. The number of hydrogen-bond acceptors (Lipinski definition) is 1. The van der Waals surface area contributed by atoms with Gasteiger partial charge in [0.2, 0.25) is 0 Å². The van der Waals surface area contributed by atoms with Crippen LogP contribution in [0.2, 0.25) is 0 Å². The highest BCUT2D eigenvalue weighted by molar-refractivity contribution is 6.01. The largest absolute Gasteiger partial charge is 0.497 e. The van der Waals surface area contributed by atoms with Crippen LogP contribution in [-0.4, -0.2) is 20.0 Å². The van der Waals surface area contributed by atoms with Crippen LogP contribution in [0, 0.1) is 11.8 Å². The Bertz CT molecular complexity index is 708. The van der Waals surface area contributed by atoms with Gasteiger partial charge >= 0.3 is 5.78 Å². The van der Waals surface area contributed by atoms with Crippen molar-refractivity contribution in [3.63, 3.8) is 0 Å². The summed E-state index contributed by atoms with van der Waals surface area (Å²) in [5, 5.41) is 0. The molecule has 4 aliphatic rings. The third kappa shape index (κ3) is 2.64. The van der Waals surface area contributed by atoms with Crippen molar-refractivity contribution >= 4 is 5.78 Å². The molecule has 0 aromatic heterocycles. The number of methoxy groups -OCH3 is 1. The average Bonchev–Trinajstić information content (AvgIpc) is 2.68. The Kier molecular flexibility index (Phi) is 4.13. The smallest absolute Gasteiger partial charge is 0.343 e. The first-order valence-electron chi connectivity index (χ1n) is 8.95. The lowest BCUT2D eigenvalue weighted by molar-refractivity contribution is -0.417. The zero-order valence-corrected chi connectivity index (χ0v) is 14.5. The van der Waals surface area contributed by atoms with Crippen LogP contribution in [0.15, 0.2) is 59.7 Å². The van der Waals surface area contributed by atoms with Gasteiger partial charge in [-0.15, -0.1) is 0 Å². The highest BCUT2D eigenvalue weighted by Gasteiger charge is 2.41. The Morgan fingerprint density at radius 1 is 0.917 bits per heavy atom. The van der Waals surface area contributed by atoms with E-state index < -0.39 is 0 Å². The molecule has 0 amide bonds. The van der Waals surface area contributed by atoms with Crippen molar-refractivity contribution in [2.24, 2.45) is 11.8 Å². The zero-order chi connectivity index (χ0) is 16.5. The topological polar surface area (TPSA) is 20.5 Å². The van der Waals surface area contributed by atoms with E-state index in [1.807, 2.05) is 0 Å². The molecule has 2 bridgehead atoms. The molecule has 2 nitrogen and oxygen atoms in total.